The molecule has 0 heterocycles. The molecule has 0 atom stereocenters. The van der Waals surface area contributed by atoms with E-state index in [-0.39, 0.29) is 0 Å². The van der Waals surface area contributed by atoms with Crippen molar-refractivity contribution in [1.82, 2.24) is 5.09 Å². The molecule has 1 fully saturated rings. The van der Waals surface area contributed by atoms with Crippen LogP contribution in [0.15, 0.2) is 0 Å². The summed E-state index contributed by atoms with van der Waals surface area (Å²) < 4.78 is 11.1. The van der Waals surface area contributed by atoms with Gasteiger partial charge in [0.2, 0.25) is 5.70 Å². The first-order valence-electron chi connectivity index (χ1n) is 3.91. The molecule has 0 unspecified atom stereocenters. The Labute approximate surface area is 78.3 Å². The third-order valence-electron chi connectivity index (χ3n) is 1.96. The van der Waals surface area contributed by atoms with Gasteiger partial charge in [-0.15, -0.1) is 0 Å². The topological polar surface area (TPSA) is 29.1 Å². The van der Waals surface area contributed by atoms with Gasteiger partial charge in [-0.3, -0.25) is 4.57 Å². The average Bonchev–Trinajstić information content (AvgIpc) is 1.85. The number of rotatable bonds is 2. The van der Waals surface area contributed by atoms with Gasteiger partial charge in [-0.05, 0) is 12.8 Å². The van der Waals surface area contributed by atoms with Gasteiger partial charge in [0.25, 0.3) is 0 Å². The summed E-state index contributed by atoms with van der Waals surface area (Å²) in [7, 11) is 0. The van der Waals surface area contributed by atoms with Crippen LogP contribution in [-0.4, -0.2) is 6.04 Å². The van der Waals surface area contributed by atoms with Crippen molar-refractivity contribution in [1.29, 1.82) is 0 Å². The van der Waals surface area contributed by atoms with Crippen LogP contribution in [0, 0.1) is 0 Å². The zero-order chi connectivity index (χ0) is 8.32. The van der Waals surface area contributed by atoms with Crippen molar-refractivity contribution in [2.24, 2.45) is 0 Å². The summed E-state index contributed by atoms with van der Waals surface area (Å²) in [4.78, 5) is 0. The molecule has 11 heavy (non-hydrogen) atoms. The highest BCUT2D eigenvalue weighted by Crippen LogP contribution is 2.52. The predicted molar refractivity (Wildman–Crippen MR) is 55.6 cm³/mol. The van der Waals surface area contributed by atoms with Gasteiger partial charge in [0, 0.05) is 6.04 Å². The van der Waals surface area contributed by atoms with E-state index in [4.69, 9.17) is 0 Å². The first kappa shape index (κ1) is 9.97. The Balaban J connectivity index is 2.30. The molecule has 0 radical (unpaired) electrons. The van der Waals surface area contributed by atoms with Crippen molar-refractivity contribution in [2.75, 3.05) is 0 Å². The minimum atomic E-state index is -2.60. The van der Waals surface area contributed by atoms with E-state index in [1.807, 2.05) is 0 Å². The third kappa shape index (κ3) is 4.46. The van der Waals surface area contributed by atoms with E-state index in [2.05, 4.69) is 29.6 Å². The molecule has 2 nitrogen and oxygen atoms in total. The maximum absolute atomic E-state index is 11.1. The largest absolute Gasteiger partial charge is 0.283 e. The van der Waals surface area contributed by atoms with Gasteiger partial charge in [0.1, 0.15) is 0 Å². The Morgan fingerprint density at radius 2 is 1.73 bits per heavy atom. The monoisotopic (exact) mass is 211 g/mol. The SMILES string of the molecule is O=P(S)(S)NC1CCCCC1. The molecule has 0 saturated heterocycles. The second kappa shape index (κ2) is 4.22. The van der Waals surface area contributed by atoms with E-state index in [0.717, 1.165) is 12.8 Å². The molecule has 1 N–H and O–H groups in total. The van der Waals surface area contributed by atoms with E-state index in [1.165, 1.54) is 19.3 Å². The van der Waals surface area contributed by atoms with Crippen LogP contribution in [0.3, 0.4) is 0 Å². The zero-order valence-electron chi connectivity index (χ0n) is 6.36. The van der Waals surface area contributed by atoms with E-state index >= 15 is 0 Å². The van der Waals surface area contributed by atoms with Crippen LogP contribution < -0.4 is 5.09 Å². The summed E-state index contributed by atoms with van der Waals surface area (Å²) >= 11 is 7.75. The highest BCUT2D eigenvalue weighted by molar-refractivity contribution is 8.80. The zero-order valence-corrected chi connectivity index (χ0v) is 9.05. The van der Waals surface area contributed by atoms with Crippen molar-refractivity contribution in [2.45, 2.75) is 38.1 Å². The summed E-state index contributed by atoms with van der Waals surface area (Å²) in [5.74, 6) is 0. The Hall–Kier alpha value is 0.890. The molecule has 0 aliphatic heterocycles. The lowest BCUT2D eigenvalue weighted by atomic mass is 9.96. The van der Waals surface area contributed by atoms with Crippen molar-refractivity contribution in [3.63, 3.8) is 0 Å². The van der Waals surface area contributed by atoms with E-state index < -0.39 is 5.70 Å². The van der Waals surface area contributed by atoms with Gasteiger partial charge in [0.15, 0.2) is 0 Å². The minimum absolute atomic E-state index is 0.379. The van der Waals surface area contributed by atoms with Crippen LogP contribution in [0.25, 0.3) is 0 Å². The fraction of sp³-hybridized carbons (Fsp3) is 1.00. The van der Waals surface area contributed by atoms with Gasteiger partial charge in [0.05, 0.1) is 0 Å². The molecule has 0 aromatic heterocycles. The molecule has 66 valence electrons. The van der Waals surface area contributed by atoms with Crippen LogP contribution in [0.1, 0.15) is 32.1 Å². The van der Waals surface area contributed by atoms with Gasteiger partial charge >= 0.3 is 0 Å². The summed E-state index contributed by atoms with van der Waals surface area (Å²) in [6.45, 7) is 0. The quantitative estimate of drug-likeness (QED) is 0.484. The lowest BCUT2D eigenvalue weighted by molar-refractivity contribution is 0.416. The summed E-state index contributed by atoms with van der Waals surface area (Å²) in [5, 5.41) is 2.94. The fourth-order valence-electron chi connectivity index (χ4n) is 1.47. The second-order valence-electron chi connectivity index (χ2n) is 3.01. The lowest BCUT2D eigenvalue weighted by Crippen LogP contribution is -2.26. The second-order valence-corrected chi connectivity index (χ2v) is 8.68. The molecule has 0 amide bonds. The van der Waals surface area contributed by atoms with Gasteiger partial charge in [-0.2, -0.15) is 0 Å². The van der Waals surface area contributed by atoms with E-state index in [9.17, 15) is 4.57 Å². The molecule has 1 aliphatic carbocycles. The van der Waals surface area contributed by atoms with Gasteiger partial charge < -0.3 is 0 Å². The predicted octanol–water partition coefficient (Wildman–Crippen LogP) is 2.88. The van der Waals surface area contributed by atoms with E-state index in [0.29, 0.717) is 6.04 Å². The minimum Gasteiger partial charge on any atom is -0.283 e. The molecular weight excluding hydrogens is 197 g/mol. The lowest BCUT2D eigenvalue weighted by Gasteiger charge is -2.23. The van der Waals surface area contributed by atoms with Crippen LogP contribution in [0.4, 0.5) is 0 Å². The summed E-state index contributed by atoms with van der Waals surface area (Å²) in [5.41, 5.74) is -2.60. The van der Waals surface area contributed by atoms with Crippen LogP contribution >= 0.6 is 30.2 Å². The average molecular weight is 211 g/mol. The molecule has 0 aromatic carbocycles. The van der Waals surface area contributed by atoms with Crippen LogP contribution in [0.5, 0.6) is 0 Å². The molecule has 5 heteroatoms. The molecule has 1 rings (SSSR count). The Kier molecular flexibility index (Phi) is 3.83. The maximum atomic E-state index is 11.1. The van der Waals surface area contributed by atoms with E-state index in [1.54, 1.807) is 0 Å². The highest BCUT2D eigenvalue weighted by Gasteiger charge is 2.19. The fourth-order valence-corrected chi connectivity index (χ4v) is 3.18. The van der Waals surface area contributed by atoms with Gasteiger partial charge in [-0.1, -0.05) is 43.8 Å². The standard InChI is InChI=1S/C6H14NOPS2/c8-9(10,11)7-6-4-2-1-3-5-6/h6H,1-5H2,(H3,7,8,10,11). The van der Waals surface area contributed by atoms with Crippen molar-refractivity contribution in [3.05, 3.63) is 0 Å². The first-order chi connectivity index (χ1) is 5.08. The van der Waals surface area contributed by atoms with Crippen LogP contribution in [0.2, 0.25) is 0 Å². The molecule has 1 saturated carbocycles. The Bertz CT molecular complexity index is 164. The number of nitrogens with one attached hydrogen (secondary N) is 1. The third-order valence-corrected chi connectivity index (χ3v) is 3.35. The number of thiol groups is 2. The first-order valence-corrected chi connectivity index (χ1v) is 7.92. The highest BCUT2D eigenvalue weighted by atomic mass is 33.1. The molecule has 0 aromatic rings. The molecule has 0 bridgehead atoms. The maximum Gasteiger partial charge on any atom is 0.249 e. The summed E-state index contributed by atoms with van der Waals surface area (Å²) in [6, 6.07) is 0.379. The smallest absolute Gasteiger partial charge is 0.249 e. The Morgan fingerprint density at radius 1 is 1.18 bits per heavy atom. The summed E-state index contributed by atoms with van der Waals surface area (Å²) in [6.07, 6.45) is 6.01. The van der Waals surface area contributed by atoms with Gasteiger partial charge in [-0.25, -0.2) is 5.09 Å². The van der Waals surface area contributed by atoms with Crippen molar-refractivity contribution >= 4 is 30.2 Å². The van der Waals surface area contributed by atoms with Crippen molar-refractivity contribution < 1.29 is 4.57 Å². The molecule has 1 aliphatic rings. The van der Waals surface area contributed by atoms with Crippen molar-refractivity contribution in [3.8, 4) is 0 Å². The number of hydrogen-bond acceptors (Lipinski definition) is 1. The Morgan fingerprint density at radius 3 is 2.18 bits per heavy atom. The molecular formula is C6H14NOPS2. The van der Waals surface area contributed by atoms with Crippen LogP contribution in [-0.2, 0) is 4.57 Å². The normalized spacial score (nSPS) is 22.0. The molecule has 0 spiro atoms. The number of hydrogen-bond donors (Lipinski definition) is 3.